The zero-order valence-corrected chi connectivity index (χ0v) is 26.6. The van der Waals surface area contributed by atoms with Crippen molar-refractivity contribution in [1.82, 2.24) is 5.32 Å². The van der Waals surface area contributed by atoms with Crippen LogP contribution in [-0.2, 0) is 14.9 Å². The molecular weight excluding hydrogens is 508 g/mol. The molecule has 0 heterocycles. The molecular formula is C32H58N2O4S. The second kappa shape index (κ2) is 11.2. The van der Waals surface area contributed by atoms with E-state index in [0.29, 0.717) is 35.5 Å². The second-order valence-electron chi connectivity index (χ2n) is 15.5. The summed E-state index contributed by atoms with van der Waals surface area (Å²) in [6, 6.07) is 0. The van der Waals surface area contributed by atoms with Gasteiger partial charge >= 0.3 is 0 Å². The Hall–Kier alpha value is -0.660. The first kappa shape index (κ1) is 31.3. The molecule has 4 N–H and O–H groups in total. The third-order valence-corrected chi connectivity index (χ3v) is 15.0. The van der Waals surface area contributed by atoms with Gasteiger partial charge in [0.05, 0.1) is 5.41 Å². The molecule has 39 heavy (non-hydrogen) atoms. The molecule has 0 bridgehead atoms. The molecule has 1 amide bonds. The van der Waals surface area contributed by atoms with Crippen molar-refractivity contribution in [1.29, 1.82) is 0 Å². The van der Waals surface area contributed by atoms with Crippen molar-refractivity contribution in [2.75, 3.05) is 6.54 Å². The van der Waals surface area contributed by atoms with Crippen molar-refractivity contribution in [3.63, 3.8) is 0 Å². The summed E-state index contributed by atoms with van der Waals surface area (Å²) in [7, 11) is -4.62. The first-order chi connectivity index (χ1) is 18.1. The Balaban J connectivity index is 1.33. The van der Waals surface area contributed by atoms with Gasteiger partial charge in [-0.1, -0.05) is 54.4 Å². The summed E-state index contributed by atoms with van der Waals surface area (Å²) in [6.07, 6.45) is 16.1. The highest BCUT2D eigenvalue weighted by Gasteiger charge is 2.60. The Morgan fingerprint density at radius 3 is 2.38 bits per heavy atom. The van der Waals surface area contributed by atoms with Crippen molar-refractivity contribution < 1.29 is 23.5 Å². The van der Waals surface area contributed by atoms with Crippen LogP contribution in [0.3, 0.4) is 0 Å². The van der Waals surface area contributed by atoms with E-state index >= 15 is 0 Å². The summed E-state index contributed by atoms with van der Waals surface area (Å²) in [5, 5.41) is 2.96. The molecule has 2 unspecified atom stereocenters. The van der Waals surface area contributed by atoms with Gasteiger partial charge in [0.15, 0.2) is 15.0 Å². The first-order valence-electron chi connectivity index (χ1n) is 16.2. The summed E-state index contributed by atoms with van der Waals surface area (Å²) in [6.45, 7) is 13.0. The van der Waals surface area contributed by atoms with Gasteiger partial charge in [0.25, 0.3) is 0 Å². The molecule has 7 heteroatoms. The van der Waals surface area contributed by atoms with Crippen LogP contribution in [0.15, 0.2) is 0 Å². The molecule has 4 aliphatic carbocycles. The largest absolute Gasteiger partial charge is 0.743 e. The van der Waals surface area contributed by atoms with Crippen LogP contribution in [-0.4, -0.2) is 30.3 Å². The number of hydrogen-bond acceptors (Lipinski definition) is 4. The van der Waals surface area contributed by atoms with E-state index < -0.39 is 20.4 Å². The number of quaternary nitrogens is 1. The van der Waals surface area contributed by atoms with Gasteiger partial charge in [-0.25, -0.2) is 8.42 Å². The van der Waals surface area contributed by atoms with E-state index in [1.807, 2.05) is 6.92 Å². The van der Waals surface area contributed by atoms with Crippen molar-refractivity contribution in [3.8, 4) is 0 Å². The molecule has 0 spiro atoms. The fraction of sp³-hybridized carbons (Fsp3) is 0.969. The van der Waals surface area contributed by atoms with E-state index in [1.54, 1.807) is 13.8 Å². The molecule has 4 fully saturated rings. The van der Waals surface area contributed by atoms with Gasteiger partial charge in [-0.3, -0.25) is 4.79 Å². The molecule has 4 aliphatic rings. The van der Waals surface area contributed by atoms with Crippen molar-refractivity contribution in [2.45, 2.75) is 136 Å². The van der Waals surface area contributed by atoms with Gasteiger partial charge in [0.2, 0.25) is 5.91 Å². The van der Waals surface area contributed by atoms with Crippen LogP contribution in [0.25, 0.3) is 0 Å². The smallest absolute Gasteiger partial charge is 0.220 e. The number of rotatable bonds is 10. The van der Waals surface area contributed by atoms with Crippen LogP contribution in [0.4, 0.5) is 0 Å². The monoisotopic (exact) mass is 566 g/mol. The van der Waals surface area contributed by atoms with Crippen LogP contribution in [0.1, 0.15) is 131 Å². The maximum Gasteiger partial charge on any atom is 0.220 e. The van der Waals surface area contributed by atoms with E-state index in [9.17, 15) is 17.8 Å². The molecule has 4 saturated carbocycles. The maximum atomic E-state index is 12.9. The lowest BCUT2D eigenvalue weighted by Gasteiger charge is -2.61. The van der Waals surface area contributed by atoms with E-state index in [1.165, 1.54) is 64.2 Å². The SMILES string of the molecule is CCCC([NH3+])(C(C)(C)CNC(=O)CC[C@@H](C)[C@H]1CC[C@H]2[C@@H]3CCC4CCCC[C@]4(C)[C@H]3CC[C@]12C)S(=O)(=O)[O-]. The number of carbonyl (C=O) groups excluding carboxylic acids is 1. The lowest BCUT2D eigenvalue weighted by molar-refractivity contribution is -0.471. The number of fused-ring (bicyclic) bond motifs is 5. The molecule has 226 valence electrons. The second-order valence-corrected chi connectivity index (χ2v) is 17.2. The number of hydrogen-bond donors (Lipinski definition) is 2. The molecule has 6 nitrogen and oxygen atoms in total. The zero-order chi connectivity index (χ0) is 28.9. The highest BCUT2D eigenvalue weighted by molar-refractivity contribution is 7.86. The highest BCUT2D eigenvalue weighted by Crippen LogP contribution is 2.68. The molecule has 0 radical (unpaired) electrons. The highest BCUT2D eigenvalue weighted by atomic mass is 32.2. The Morgan fingerprint density at radius 1 is 1.03 bits per heavy atom. The molecule has 0 aliphatic heterocycles. The summed E-state index contributed by atoms with van der Waals surface area (Å²) >= 11 is 0. The summed E-state index contributed by atoms with van der Waals surface area (Å²) in [5.41, 5.74) is 3.87. The normalized spacial score (nSPS) is 39.1. The zero-order valence-electron chi connectivity index (χ0n) is 25.8. The van der Waals surface area contributed by atoms with Crippen molar-refractivity contribution >= 4 is 16.0 Å². The van der Waals surface area contributed by atoms with E-state index in [2.05, 4.69) is 31.8 Å². The Morgan fingerprint density at radius 2 is 1.72 bits per heavy atom. The summed E-state index contributed by atoms with van der Waals surface area (Å²) in [5.74, 6) is 4.73. The van der Waals surface area contributed by atoms with Gasteiger partial charge in [0, 0.05) is 19.4 Å². The maximum absolute atomic E-state index is 12.9. The van der Waals surface area contributed by atoms with E-state index in [0.717, 1.165) is 30.1 Å². The molecule has 0 aromatic rings. The van der Waals surface area contributed by atoms with E-state index in [-0.39, 0.29) is 18.9 Å². The van der Waals surface area contributed by atoms with Crippen LogP contribution in [0.2, 0.25) is 0 Å². The van der Waals surface area contributed by atoms with Gasteiger partial charge in [-0.05, 0) is 111 Å². The Bertz CT molecular complexity index is 998. The third-order valence-electron chi connectivity index (χ3n) is 13.3. The number of amides is 1. The minimum absolute atomic E-state index is 0.0518. The fourth-order valence-electron chi connectivity index (χ4n) is 10.6. The predicted molar refractivity (Wildman–Crippen MR) is 155 cm³/mol. The van der Waals surface area contributed by atoms with Crippen LogP contribution < -0.4 is 11.1 Å². The van der Waals surface area contributed by atoms with Crippen molar-refractivity contribution in [2.24, 2.45) is 51.8 Å². The molecule has 0 aromatic carbocycles. The van der Waals surface area contributed by atoms with Gasteiger partial charge in [0.1, 0.15) is 0 Å². The van der Waals surface area contributed by atoms with Gasteiger partial charge in [-0.15, -0.1) is 0 Å². The average molecular weight is 567 g/mol. The quantitative estimate of drug-likeness (QED) is 0.322. The fourth-order valence-corrected chi connectivity index (χ4v) is 11.8. The predicted octanol–water partition coefficient (Wildman–Crippen LogP) is 5.88. The van der Waals surface area contributed by atoms with Gasteiger partial charge < -0.3 is 15.6 Å². The minimum atomic E-state index is -4.62. The van der Waals surface area contributed by atoms with E-state index in [4.69, 9.17) is 0 Å². The van der Waals surface area contributed by atoms with Crippen molar-refractivity contribution in [3.05, 3.63) is 0 Å². The molecule has 0 saturated heterocycles. The lowest BCUT2D eigenvalue weighted by Crippen LogP contribution is -2.83. The molecule has 9 atom stereocenters. The first-order valence-corrected chi connectivity index (χ1v) is 17.6. The Labute approximate surface area is 239 Å². The number of carbonyl (C=O) groups is 1. The standard InChI is InChI=1S/C32H58N2O4S/c1-7-18-32(33,39(36,37)38)29(3,4)21-34-28(35)16-11-22(2)25-14-15-26-24-13-12-23-10-8-9-19-30(23,5)27(24)17-20-31(25,26)6/h22-27H,7-21,33H2,1-6H3,(H,34,35)(H,36,37,38)/t22-,23?,24+,25-,26+,27+,30+,31-,32?/m1/s1. The van der Waals surface area contributed by atoms with Gasteiger partial charge in [-0.2, -0.15) is 0 Å². The lowest BCUT2D eigenvalue weighted by atomic mass is 9.44. The van der Waals surface area contributed by atoms with Crippen LogP contribution in [0, 0.1) is 51.8 Å². The minimum Gasteiger partial charge on any atom is -0.743 e. The summed E-state index contributed by atoms with van der Waals surface area (Å²) < 4.78 is 36.3. The Kier molecular flexibility index (Phi) is 8.99. The molecule has 4 rings (SSSR count). The number of nitrogens with one attached hydrogen (secondary N) is 1. The van der Waals surface area contributed by atoms with Crippen LogP contribution >= 0.6 is 0 Å². The third kappa shape index (κ3) is 5.47. The average Bonchev–Trinajstić information content (AvgIpc) is 3.22. The summed E-state index contributed by atoms with van der Waals surface area (Å²) in [4.78, 5) is 11.2. The topological polar surface area (TPSA) is 114 Å². The molecule has 0 aromatic heterocycles. The van der Waals surface area contributed by atoms with Crippen LogP contribution in [0.5, 0.6) is 0 Å².